The number of hydrogen-bond donors (Lipinski definition) is 0. The zero-order valence-corrected chi connectivity index (χ0v) is 17.1. The molecule has 0 fully saturated rings. The number of hydrogen-bond acceptors (Lipinski definition) is 7. The van der Waals surface area contributed by atoms with Crippen LogP contribution in [0.5, 0.6) is 11.5 Å². The molecule has 0 atom stereocenters. The zero-order valence-electron chi connectivity index (χ0n) is 17.1. The summed E-state index contributed by atoms with van der Waals surface area (Å²) in [5.41, 5.74) is 2.47. The molecule has 1 aliphatic heterocycles. The minimum Gasteiger partial charge on any atom is -0.493 e. The number of aryl methyl sites for hydroxylation is 2. The van der Waals surface area contributed by atoms with Gasteiger partial charge in [0, 0.05) is 0 Å². The first-order chi connectivity index (χ1) is 15.0. The molecule has 8 heteroatoms. The van der Waals surface area contributed by atoms with Crippen molar-refractivity contribution in [3.05, 3.63) is 82.1 Å². The molecule has 0 saturated carbocycles. The van der Waals surface area contributed by atoms with Crippen molar-refractivity contribution in [3.63, 3.8) is 0 Å². The number of methoxy groups -OCH3 is 1. The average Bonchev–Trinajstić information content (AvgIpc) is 3.28. The van der Waals surface area contributed by atoms with E-state index in [4.69, 9.17) is 18.7 Å². The molecule has 2 heterocycles. The van der Waals surface area contributed by atoms with E-state index in [2.05, 4.69) is 10.1 Å². The Hall–Kier alpha value is -3.94. The Labute approximate surface area is 177 Å². The molecule has 0 N–H and O–H groups in total. The molecule has 1 aliphatic rings. The largest absolute Gasteiger partial charge is 0.493 e. The van der Waals surface area contributed by atoms with Crippen molar-refractivity contribution >= 4 is 17.9 Å². The molecule has 3 aromatic rings. The topological polar surface area (TPSA) is 83.2 Å². The maximum atomic E-state index is 14.0. The van der Waals surface area contributed by atoms with Crippen molar-refractivity contribution in [2.75, 3.05) is 7.11 Å². The van der Waals surface area contributed by atoms with Gasteiger partial charge in [-0.3, -0.25) is 0 Å². The Morgan fingerprint density at radius 3 is 2.65 bits per heavy atom. The average molecular weight is 422 g/mol. The van der Waals surface area contributed by atoms with E-state index in [1.807, 2.05) is 13.8 Å². The number of carbonyl (C=O) groups is 1. The third-order valence-corrected chi connectivity index (χ3v) is 4.77. The summed E-state index contributed by atoms with van der Waals surface area (Å²) in [5, 5.41) is 3.91. The number of aromatic nitrogens is 1. The smallest absolute Gasteiger partial charge is 0.363 e. The summed E-state index contributed by atoms with van der Waals surface area (Å²) in [4.78, 5) is 16.3. The number of esters is 1. The van der Waals surface area contributed by atoms with Crippen LogP contribution < -0.4 is 9.47 Å². The predicted molar refractivity (Wildman–Crippen MR) is 110 cm³/mol. The van der Waals surface area contributed by atoms with Gasteiger partial charge in [0.05, 0.1) is 23.9 Å². The highest BCUT2D eigenvalue weighted by Gasteiger charge is 2.26. The molecule has 0 bridgehead atoms. The Bertz CT molecular complexity index is 1190. The maximum Gasteiger partial charge on any atom is 0.363 e. The zero-order chi connectivity index (χ0) is 22.0. The van der Waals surface area contributed by atoms with Gasteiger partial charge in [-0.15, -0.1) is 0 Å². The van der Waals surface area contributed by atoms with Crippen molar-refractivity contribution in [2.24, 2.45) is 4.99 Å². The Morgan fingerprint density at radius 2 is 1.94 bits per heavy atom. The number of carbonyl (C=O) groups excluding carboxylic acids is 1. The van der Waals surface area contributed by atoms with Gasteiger partial charge in [-0.05, 0) is 49.8 Å². The molecule has 0 aliphatic carbocycles. The van der Waals surface area contributed by atoms with Crippen molar-refractivity contribution in [3.8, 4) is 11.5 Å². The van der Waals surface area contributed by atoms with E-state index >= 15 is 0 Å². The monoisotopic (exact) mass is 422 g/mol. The molecule has 4 rings (SSSR count). The van der Waals surface area contributed by atoms with Crippen LogP contribution in [-0.2, 0) is 16.1 Å². The standard InChI is InChI=1S/C23H19FN2O5/c1-13-17(14(2)31-26-13)12-29-20-9-8-15(11-21(20)28-3)10-19-23(27)30-22(25-19)16-6-4-5-7-18(16)24/h4-11H,12H2,1-3H3. The normalized spacial score (nSPS) is 14.5. The van der Waals surface area contributed by atoms with E-state index in [0.29, 0.717) is 22.8 Å². The lowest BCUT2D eigenvalue weighted by atomic mass is 10.1. The number of rotatable bonds is 6. The fourth-order valence-corrected chi connectivity index (χ4v) is 3.07. The van der Waals surface area contributed by atoms with E-state index in [1.54, 1.807) is 30.3 Å². The molecule has 0 radical (unpaired) electrons. The minimum atomic E-state index is -0.657. The highest BCUT2D eigenvalue weighted by molar-refractivity contribution is 6.12. The fourth-order valence-electron chi connectivity index (χ4n) is 3.07. The van der Waals surface area contributed by atoms with Crippen molar-refractivity contribution in [1.82, 2.24) is 5.16 Å². The van der Waals surface area contributed by atoms with Crippen LogP contribution in [0.25, 0.3) is 6.08 Å². The molecule has 0 saturated heterocycles. The van der Waals surface area contributed by atoms with E-state index in [1.165, 1.54) is 25.3 Å². The summed E-state index contributed by atoms with van der Waals surface area (Å²) >= 11 is 0. The summed E-state index contributed by atoms with van der Waals surface area (Å²) in [5.74, 6) is 0.453. The molecule has 1 aromatic heterocycles. The van der Waals surface area contributed by atoms with Crippen molar-refractivity contribution in [2.45, 2.75) is 20.5 Å². The molecule has 0 spiro atoms. The van der Waals surface area contributed by atoms with E-state index < -0.39 is 11.8 Å². The summed E-state index contributed by atoms with van der Waals surface area (Å²) in [6.07, 6.45) is 1.54. The number of ether oxygens (including phenoxy) is 3. The van der Waals surface area contributed by atoms with E-state index in [0.717, 1.165) is 11.3 Å². The van der Waals surface area contributed by atoms with Crippen LogP contribution >= 0.6 is 0 Å². The quantitative estimate of drug-likeness (QED) is 0.434. The second-order valence-electron chi connectivity index (χ2n) is 6.82. The molecule has 0 unspecified atom stereocenters. The maximum absolute atomic E-state index is 14.0. The molecule has 158 valence electrons. The van der Waals surface area contributed by atoms with Crippen LogP contribution in [0, 0.1) is 19.7 Å². The van der Waals surface area contributed by atoms with Gasteiger partial charge in [0.15, 0.2) is 17.2 Å². The van der Waals surface area contributed by atoms with Gasteiger partial charge in [0.1, 0.15) is 18.2 Å². The van der Waals surface area contributed by atoms with Gasteiger partial charge >= 0.3 is 5.97 Å². The molecule has 0 amide bonds. The van der Waals surface area contributed by atoms with Crippen LogP contribution in [0.3, 0.4) is 0 Å². The summed E-state index contributed by atoms with van der Waals surface area (Å²) < 4.78 is 35.5. The highest BCUT2D eigenvalue weighted by Crippen LogP contribution is 2.31. The van der Waals surface area contributed by atoms with Crippen LogP contribution in [0.1, 0.15) is 28.1 Å². The van der Waals surface area contributed by atoms with Gasteiger partial charge in [-0.1, -0.05) is 23.4 Å². The Morgan fingerprint density at radius 1 is 1.13 bits per heavy atom. The van der Waals surface area contributed by atoms with Crippen LogP contribution in [0.2, 0.25) is 0 Å². The third-order valence-electron chi connectivity index (χ3n) is 4.77. The first-order valence-corrected chi connectivity index (χ1v) is 9.46. The Balaban J connectivity index is 1.57. The molecule has 2 aromatic carbocycles. The van der Waals surface area contributed by atoms with Crippen LogP contribution in [0.15, 0.2) is 57.7 Å². The second kappa shape index (κ2) is 8.43. The molecular formula is C23H19FN2O5. The highest BCUT2D eigenvalue weighted by atomic mass is 19.1. The van der Waals surface area contributed by atoms with Gasteiger partial charge in [-0.2, -0.15) is 0 Å². The molecule has 7 nitrogen and oxygen atoms in total. The lowest BCUT2D eigenvalue weighted by molar-refractivity contribution is -0.129. The number of cyclic esters (lactones) is 1. The van der Waals surface area contributed by atoms with Gasteiger partial charge in [0.2, 0.25) is 5.90 Å². The first-order valence-electron chi connectivity index (χ1n) is 9.46. The summed E-state index contributed by atoms with van der Waals surface area (Å²) in [6, 6.07) is 11.2. The lowest BCUT2D eigenvalue weighted by Crippen LogP contribution is -2.07. The second-order valence-corrected chi connectivity index (χ2v) is 6.82. The van der Waals surface area contributed by atoms with Crippen molar-refractivity contribution < 1.29 is 27.9 Å². The lowest BCUT2D eigenvalue weighted by Gasteiger charge is -2.11. The number of aliphatic imine (C=N–C) groups is 1. The predicted octanol–water partition coefficient (Wildman–Crippen LogP) is 4.36. The van der Waals surface area contributed by atoms with Gasteiger partial charge in [0.25, 0.3) is 0 Å². The van der Waals surface area contributed by atoms with Crippen LogP contribution in [-0.4, -0.2) is 24.1 Å². The van der Waals surface area contributed by atoms with Gasteiger partial charge in [-0.25, -0.2) is 14.2 Å². The summed E-state index contributed by atoms with van der Waals surface area (Å²) in [7, 11) is 1.52. The SMILES string of the molecule is COc1cc(C=C2N=C(c3ccccc3F)OC2=O)ccc1OCc1c(C)noc1C. The van der Waals surface area contributed by atoms with E-state index in [9.17, 15) is 9.18 Å². The van der Waals surface area contributed by atoms with E-state index in [-0.39, 0.29) is 23.8 Å². The van der Waals surface area contributed by atoms with Crippen molar-refractivity contribution in [1.29, 1.82) is 0 Å². The third kappa shape index (κ3) is 4.18. The first kappa shape index (κ1) is 20.3. The fraction of sp³-hybridized carbons (Fsp3) is 0.174. The number of benzene rings is 2. The number of halogens is 1. The molecular weight excluding hydrogens is 403 g/mol. The minimum absolute atomic E-state index is 0.0599. The molecule has 31 heavy (non-hydrogen) atoms. The Kier molecular flexibility index (Phi) is 5.53. The number of nitrogens with zero attached hydrogens (tertiary/aromatic N) is 2. The van der Waals surface area contributed by atoms with Gasteiger partial charge < -0.3 is 18.7 Å². The van der Waals surface area contributed by atoms with Crippen LogP contribution in [0.4, 0.5) is 4.39 Å². The summed E-state index contributed by atoms with van der Waals surface area (Å²) in [6.45, 7) is 3.95.